The normalized spacial score (nSPS) is 15.7. The molecular weight excluding hydrogens is 304 g/mol. The Bertz CT molecular complexity index is 658. The first-order chi connectivity index (χ1) is 11.2. The third kappa shape index (κ3) is 4.38. The average molecular weight is 330 g/mol. The van der Waals surface area contributed by atoms with Crippen LogP contribution < -0.4 is 4.90 Å². The topological polar surface area (TPSA) is 69.5 Å². The van der Waals surface area contributed by atoms with E-state index in [1.807, 2.05) is 40.7 Å². The minimum Gasteiger partial charge on any atom is -0.444 e. The zero-order chi connectivity index (χ0) is 17.9. The monoisotopic (exact) mass is 330 g/mol. The van der Waals surface area contributed by atoms with E-state index in [-0.39, 0.29) is 6.09 Å². The zero-order valence-electron chi connectivity index (χ0n) is 15.2. The van der Waals surface area contributed by atoms with Crippen LogP contribution in [0.5, 0.6) is 0 Å². The number of carbonyl (C=O) groups excluding carboxylic acids is 1. The highest BCUT2D eigenvalue weighted by Crippen LogP contribution is 2.23. The SMILES string of the molecule is Cc1cc(C)c(C#N)c(N2CCCN(C(=O)OC(C)(C)C)CC2)n1. The number of pyridine rings is 1. The maximum Gasteiger partial charge on any atom is 0.410 e. The van der Waals surface area contributed by atoms with E-state index < -0.39 is 5.60 Å². The van der Waals surface area contributed by atoms with Gasteiger partial charge in [0.25, 0.3) is 0 Å². The summed E-state index contributed by atoms with van der Waals surface area (Å²) in [6, 6.07) is 4.19. The van der Waals surface area contributed by atoms with Crippen LogP contribution in [0.4, 0.5) is 10.6 Å². The summed E-state index contributed by atoms with van der Waals surface area (Å²) in [6.45, 7) is 12.1. The van der Waals surface area contributed by atoms with Crippen molar-refractivity contribution in [2.24, 2.45) is 0 Å². The van der Waals surface area contributed by atoms with Crippen LogP contribution in [0.15, 0.2) is 6.07 Å². The van der Waals surface area contributed by atoms with Gasteiger partial charge in [0.1, 0.15) is 17.5 Å². The van der Waals surface area contributed by atoms with Crippen molar-refractivity contribution >= 4 is 11.9 Å². The van der Waals surface area contributed by atoms with Gasteiger partial charge in [-0.2, -0.15) is 5.26 Å². The smallest absolute Gasteiger partial charge is 0.410 e. The van der Waals surface area contributed by atoms with Gasteiger partial charge in [-0.25, -0.2) is 9.78 Å². The summed E-state index contributed by atoms with van der Waals surface area (Å²) in [4.78, 5) is 20.7. The number of hydrogen-bond donors (Lipinski definition) is 0. The van der Waals surface area contributed by atoms with Crippen molar-refractivity contribution in [1.29, 1.82) is 5.26 Å². The molecular formula is C18H26N4O2. The van der Waals surface area contributed by atoms with Gasteiger partial charge >= 0.3 is 6.09 Å². The van der Waals surface area contributed by atoms with Gasteiger partial charge < -0.3 is 14.5 Å². The molecule has 0 atom stereocenters. The Morgan fingerprint density at radius 2 is 1.96 bits per heavy atom. The molecule has 1 aromatic rings. The van der Waals surface area contributed by atoms with E-state index in [1.165, 1.54) is 0 Å². The van der Waals surface area contributed by atoms with E-state index in [0.717, 1.165) is 30.0 Å². The second kappa shape index (κ2) is 7.08. The quantitative estimate of drug-likeness (QED) is 0.791. The summed E-state index contributed by atoms with van der Waals surface area (Å²) in [5.74, 6) is 0.723. The van der Waals surface area contributed by atoms with Gasteiger partial charge in [0.15, 0.2) is 0 Å². The third-order valence-corrected chi connectivity index (χ3v) is 3.88. The van der Waals surface area contributed by atoms with Gasteiger partial charge in [0, 0.05) is 31.9 Å². The summed E-state index contributed by atoms with van der Waals surface area (Å²) in [6.07, 6.45) is 0.539. The molecule has 0 aromatic carbocycles. The molecule has 2 rings (SSSR count). The molecule has 0 spiro atoms. The second-order valence-corrected chi connectivity index (χ2v) is 7.20. The van der Waals surface area contributed by atoms with Crippen LogP contribution in [-0.2, 0) is 4.74 Å². The van der Waals surface area contributed by atoms with Crippen molar-refractivity contribution in [2.45, 2.75) is 46.6 Å². The molecule has 0 radical (unpaired) electrons. The van der Waals surface area contributed by atoms with Crippen LogP contribution in [0.1, 0.15) is 44.0 Å². The van der Waals surface area contributed by atoms with Crippen LogP contribution in [0.3, 0.4) is 0 Å². The van der Waals surface area contributed by atoms with E-state index in [0.29, 0.717) is 25.2 Å². The predicted molar refractivity (Wildman–Crippen MR) is 93.1 cm³/mol. The maximum absolute atomic E-state index is 12.3. The number of nitriles is 1. The van der Waals surface area contributed by atoms with Gasteiger partial charge in [-0.15, -0.1) is 0 Å². The summed E-state index contributed by atoms with van der Waals surface area (Å²) >= 11 is 0. The Kier molecular flexibility index (Phi) is 5.33. The maximum atomic E-state index is 12.3. The summed E-state index contributed by atoms with van der Waals surface area (Å²) < 4.78 is 5.46. The van der Waals surface area contributed by atoms with Gasteiger partial charge in [-0.05, 0) is 52.7 Å². The van der Waals surface area contributed by atoms with Gasteiger partial charge in [0.05, 0.1) is 5.56 Å². The standard InChI is InChI=1S/C18H26N4O2/c1-13-11-14(2)20-16(15(13)12-19)21-7-6-8-22(10-9-21)17(23)24-18(3,4)5/h11H,6-10H2,1-5H3. The fourth-order valence-electron chi connectivity index (χ4n) is 2.82. The first kappa shape index (κ1) is 18.1. The van der Waals surface area contributed by atoms with Crippen molar-refractivity contribution < 1.29 is 9.53 Å². The van der Waals surface area contributed by atoms with Crippen LogP contribution in [-0.4, -0.2) is 47.8 Å². The highest BCUT2D eigenvalue weighted by Gasteiger charge is 2.26. The van der Waals surface area contributed by atoms with Crippen LogP contribution >= 0.6 is 0 Å². The number of aryl methyl sites for hydroxylation is 2. The largest absolute Gasteiger partial charge is 0.444 e. The van der Waals surface area contributed by atoms with Gasteiger partial charge in [-0.1, -0.05) is 0 Å². The Labute approximate surface area is 144 Å². The van der Waals surface area contributed by atoms with Crippen molar-refractivity contribution in [3.63, 3.8) is 0 Å². The van der Waals surface area contributed by atoms with E-state index in [4.69, 9.17) is 4.74 Å². The lowest BCUT2D eigenvalue weighted by Gasteiger charge is -2.27. The average Bonchev–Trinajstić information content (AvgIpc) is 2.70. The molecule has 1 saturated heterocycles. The molecule has 0 unspecified atom stereocenters. The second-order valence-electron chi connectivity index (χ2n) is 7.20. The molecule has 1 amide bonds. The van der Waals surface area contributed by atoms with Crippen molar-refractivity contribution in [3.05, 3.63) is 22.9 Å². The Hall–Kier alpha value is -2.29. The number of nitrogens with zero attached hydrogens (tertiary/aromatic N) is 4. The molecule has 0 aliphatic carbocycles. The first-order valence-corrected chi connectivity index (χ1v) is 8.32. The molecule has 1 aromatic heterocycles. The fourth-order valence-corrected chi connectivity index (χ4v) is 2.82. The highest BCUT2D eigenvalue weighted by atomic mass is 16.6. The molecule has 1 aliphatic heterocycles. The number of hydrogen-bond acceptors (Lipinski definition) is 5. The van der Waals surface area contributed by atoms with Crippen molar-refractivity contribution in [1.82, 2.24) is 9.88 Å². The number of ether oxygens (including phenoxy) is 1. The Morgan fingerprint density at radius 1 is 1.25 bits per heavy atom. The van der Waals surface area contributed by atoms with E-state index in [2.05, 4.69) is 16.0 Å². The molecule has 0 bridgehead atoms. The summed E-state index contributed by atoms with van der Waals surface area (Å²) in [5.41, 5.74) is 1.96. The predicted octanol–water partition coefficient (Wildman–Crippen LogP) is 3.02. The molecule has 2 heterocycles. The summed E-state index contributed by atoms with van der Waals surface area (Å²) in [7, 11) is 0. The number of anilines is 1. The van der Waals surface area contributed by atoms with Gasteiger partial charge in [-0.3, -0.25) is 0 Å². The molecule has 6 nitrogen and oxygen atoms in total. The number of amides is 1. The number of carbonyl (C=O) groups is 1. The van der Waals surface area contributed by atoms with E-state index in [9.17, 15) is 10.1 Å². The minimum absolute atomic E-state index is 0.279. The first-order valence-electron chi connectivity index (χ1n) is 8.32. The van der Waals surface area contributed by atoms with Crippen LogP contribution in [0.25, 0.3) is 0 Å². The lowest BCUT2D eigenvalue weighted by Crippen LogP contribution is -2.39. The van der Waals surface area contributed by atoms with E-state index in [1.54, 1.807) is 4.90 Å². The highest BCUT2D eigenvalue weighted by molar-refractivity contribution is 5.68. The summed E-state index contributed by atoms with van der Waals surface area (Å²) in [5, 5.41) is 9.46. The molecule has 24 heavy (non-hydrogen) atoms. The van der Waals surface area contributed by atoms with E-state index >= 15 is 0 Å². The third-order valence-electron chi connectivity index (χ3n) is 3.88. The van der Waals surface area contributed by atoms with Gasteiger partial charge in [0.2, 0.25) is 0 Å². The minimum atomic E-state index is -0.494. The molecule has 0 saturated carbocycles. The Morgan fingerprint density at radius 3 is 2.58 bits per heavy atom. The van der Waals surface area contributed by atoms with Crippen molar-refractivity contribution in [2.75, 3.05) is 31.1 Å². The molecule has 6 heteroatoms. The lowest BCUT2D eigenvalue weighted by atomic mass is 10.1. The van der Waals surface area contributed by atoms with Crippen LogP contribution in [0.2, 0.25) is 0 Å². The zero-order valence-corrected chi connectivity index (χ0v) is 15.2. The molecule has 1 aliphatic rings. The molecule has 0 N–H and O–H groups in total. The number of aromatic nitrogens is 1. The Balaban J connectivity index is 2.15. The van der Waals surface area contributed by atoms with Crippen LogP contribution in [0, 0.1) is 25.2 Å². The fraction of sp³-hybridized carbons (Fsp3) is 0.611. The van der Waals surface area contributed by atoms with Crippen molar-refractivity contribution in [3.8, 4) is 6.07 Å². The molecule has 130 valence electrons. The lowest BCUT2D eigenvalue weighted by molar-refractivity contribution is 0.0263. The number of rotatable bonds is 1. The molecule has 1 fully saturated rings.